The molecule has 0 saturated carbocycles. The average Bonchev–Trinajstić information content (AvgIpc) is 2.59. The highest BCUT2D eigenvalue weighted by atomic mass is 16.5. The van der Waals surface area contributed by atoms with Crippen LogP contribution in [-0.2, 0) is 32.2 Å². The van der Waals surface area contributed by atoms with E-state index in [1.165, 1.54) is 6.07 Å². The van der Waals surface area contributed by atoms with Crippen molar-refractivity contribution in [3.8, 4) is 5.75 Å². The Balaban J connectivity index is 2.80. The molecule has 0 bridgehead atoms. The van der Waals surface area contributed by atoms with Gasteiger partial charge in [0.1, 0.15) is 18.1 Å². The van der Waals surface area contributed by atoms with Crippen molar-refractivity contribution in [2.24, 2.45) is 5.73 Å². The fraction of sp³-hybridized carbons (Fsp3) is 0.588. The molecule has 0 fully saturated rings. The van der Waals surface area contributed by atoms with Crippen LogP contribution in [0.25, 0.3) is 0 Å². The molecule has 0 radical (unpaired) electrons. The van der Waals surface area contributed by atoms with Crippen LogP contribution in [0, 0.1) is 6.92 Å². The molecule has 0 unspecified atom stereocenters. The molecule has 0 amide bonds. The molecule has 0 aliphatic carbocycles. The van der Waals surface area contributed by atoms with Gasteiger partial charge in [-0.25, -0.2) is 0 Å². The van der Waals surface area contributed by atoms with Crippen molar-refractivity contribution in [3.63, 3.8) is 0 Å². The largest absolute Gasteiger partial charge is 0.503 e. The van der Waals surface area contributed by atoms with Crippen LogP contribution in [0.15, 0.2) is 10.9 Å². The Labute approximate surface area is 146 Å². The maximum absolute atomic E-state index is 11.8. The summed E-state index contributed by atoms with van der Waals surface area (Å²) in [4.78, 5) is 34.7. The second-order valence-corrected chi connectivity index (χ2v) is 5.55. The summed E-state index contributed by atoms with van der Waals surface area (Å²) >= 11 is 0. The third kappa shape index (κ3) is 6.67. The first-order chi connectivity index (χ1) is 11.9. The Morgan fingerprint density at radius 3 is 2.68 bits per heavy atom. The van der Waals surface area contributed by atoms with E-state index in [9.17, 15) is 19.5 Å². The number of aromatic nitrogens is 1. The fourth-order valence-corrected chi connectivity index (χ4v) is 2.31. The van der Waals surface area contributed by atoms with Crippen LogP contribution in [0.2, 0.25) is 0 Å². The number of nitrogens with two attached hydrogens (primary N) is 1. The van der Waals surface area contributed by atoms with E-state index in [0.29, 0.717) is 31.9 Å². The molecule has 8 heteroatoms. The Kier molecular flexibility index (Phi) is 8.87. The summed E-state index contributed by atoms with van der Waals surface area (Å²) in [6, 6.07) is 1.33. The van der Waals surface area contributed by atoms with Gasteiger partial charge in [-0.2, -0.15) is 0 Å². The third-order valence-electron chi connectivity index (χ3n) is 3.68. The number of carbonyl (C=O) groups excluding carboxylic acids is 2. The molecule has 0 atom stereocenters. The van der Waals surface area contributed by atoms with Crippen molar-refractivity contribution in [1.29, 1.82) is 0 Å². The Bertz CT molecular complexity index is 653. The zero-order chi connectivity index (χ0) is 18.8. The molecular formula is C17H26N2O6. The van der Waals surface area contributed by atoms with E-state index in [2.05, 4.69) is 0 Å². The number of hydrogen-bond donors (Lipinski definition) is 2. The predicted octanol–water partition coefficient (Wildman–Crippen LogP) is 0.640. The van der Waals surface area contributed by atoms with E-state index in [-0.39, 0.29) is 37.5 Å². The second-order valence-electron chi connectivity index (χ2n) is 5.55. The lowest BCUT2D eigenvalue weighted by atomic mass is 10.2. The number of hydrogen-bond acceptors (Lipinski definition) is 7. The number of pyridine rings is 1. The highest BCUT2D eigenvalue weighted by molar-refractivity contribution is 5.84. The molecule has 8 nitrogen and oxygen atoms in total. The van der Waals surface area contributed by atoms with Gasteiger partial charge in [0.05, 0.1) is 13.0 Å². The first kappa shape index (κ1) is 20.9. The first-order valence-corrected chi connectivity index (χ1v) is 8.28. The van der Waals surface area contributed by atoms with Gasteiger partial charge in [-0.3, -0.25) is 14.4 Å². The quantitative estimate of drug-likeness (QED) is 0.442. The smallest absolute Gasteiger partial charge is 0.306 e. The minimum absolute atomic E-state index is 0.0102. The predicted molar refractivity (Wildman–Crippen MR) is 91.3 cm³/mol. The van der Waals surface area contributed by atoms with Crippen LogP contribution >= 0.6 is 0 Å². The minimum Gasteiger partial charge on any atom is -0.503 e. The van der Waals surface area contributed by atoms with Crippen molar-refractivity contribution in [3.05, 3.63) is 27.7 Å². The SMILES string of the molecule is CCOCCCn1c(C)cc(=O)c(O)c1COC(=O)CCC(=O)CN. The lowest BCUT2D eigenvalue weighted by Gasteiger charge is -2.18. The number of Topliss-reactive ketones (excluding diaryl/α,β-unsaturated/α-hetero) is 1. The van der Waals surface area contributed by atoms with Crippen molar-refractivity contribution in [1.82, 2.24) is 4.57 Å². The standard InChI is InChI=1S/C17H26N2O6/c1-3-24-8-4-7-19-12(2)9-15(21)17(23)14(19)11-25-16(22)6-5-13(20)10-18/h9,23H,3-8,10-11,18H2,1-2H3. The molecular weight excluding hydrogens is 328 g/mol. The van der Waals surface area contributed by atoms with E-state index in [1.807, 2.05) is 6.92 Å². The maximum atomic E-state index is 11.8. The van der Waals surface area contributed by atoms with Crippen LogP contribution in [0.3, 0.4) is 0 Å². The van der Waals surface area contributed by atoms with Gasteiger partial charge in [-0.05, 0) is 20.3 Å². The lowest BCUT2D eigenvalue weighted by molar-refractivity contribution is -0.146. The molecule has 25 heavy (non-hydrogen) atoms. The third-order valence-corrected chi connectivity index (χ3v) is 3.68. The highest BCUT2D eigenvalue weighted by Gasteiger charge is 2.15. The molecule has 1 aromatic heterocycles. The first-order valence-electron chi connectivity index (χ1n) is 8.28. The number of nitrogens with zero attached hydrogens (tertiary/aromatic N) is 1. The monoisotopic (exact) mass is 354 g/mol. The van der Waals surface area contributed by atoms with Gasteiger partial charge in [0, 0.05) is 37.9 Å². The van der Waals surface area contributed by atoms with Gasteiger partial charge in [-0.15, -0.1) is 0 Å². The Morgan fingerprint density at radius 1 is 1.32 bits per heavy atom. The summed E-state index contributed by atoms with van der Waals surface area (Å²) < 4.78 is 12.1. The molecule has 0 aromatic carbocycles. The summed E-state index contributed by atoms with van der Waals surface area (Å²) in [5.74, 6) is -1.26. The number of rotatable bonds is 11. The fourth-order valence-electron chi connectivity index (χ4n) is 2.31. The van der Waals surface area contributed by atoms with E-state index in [4.69, 9.17) is 15.2 Å². The molecule has 0 aliphatic rings. The number of carbonyl (C=O) groups is 2. The van der Waals surface area contributed by atoms with Crippen LogP contribution in [0.5, 0.6) is 5.75 Å². The van der Waals surface area contributed by atoms with Crippen molar-refractivity contribution >= 4 is 11.8 Å². The van der Waals surface area contributed by atoms with Gasteiger partial charge in [0.25, 0.3) is 0 Å². The molecule has 1 aromatic rings. The van der Waals surface area contributed by atoms with Crippen molar-refractivity contribution in [2.75, 3.05) is 19.8 Å². The summed E-state index contributed by atoms with van der Waals surface area (Å²) in [7, 11) is 0. The van der Waals surface area contributed by atoms with Gasteiger partial charge in [-0.1, -0.05) is 0 Å². The number of aryl methyl sites for hydroxylation is 1. The van der Waals surface area contributed by atoms with Crippen molar-refractivity contribution in [2.45, 2.75) is 46.3 Å². The minimum atomic E-state index is -0.587. The highest BCUT2D eigenvalue weighted by Crippen LogP contribution is 2.17. The zero-order valence-electron chi connectivity index (χ0n) is 14.7. The van der Waals surface area contributed by atoms with Gasteiger partial charge in [0.2, 0.25) is 5.43 Å². The Morgan fingerprint density at radius 2 is 2.04 bits per heavy atom. The van der Waals surface area contributed by atoms with Gasteiger partial charge >= 0.3 is 5.97 Å². The van der Waals surface area contributed by atoms with Crippen LogP contribution in [-0.4, -0.2) is 41.2 Å². The van der Waals surface area contributed by atoms with Gasteiger partial charge in [0.15, 0.2) is 5.75 Å². The Hall–Kier alpha value is -2.19. The number of aromatic hydroxyl groups is 1. The molecule has 0 spiro atoms. The lowest BCUT2D eigenvalue weighted by Crippen LogP contribution is -2.20. The zero-order valence-corrected chi connectivity index (χ0v) is 14.7. The van der Waals surface area contributed by atoms with Crippen LogP contribution in [0.4, 0.5) is 0 Å². The summed E-state index contributed by atoms with van der Waals surface area (Å²) in [5, 5.41) is 10.0. The molecule has 0 saturated heterocycles. The summed E-state index contributed by atoms with van der Waals surface area (Å²) in [6.45, 7) is 4.95. The molecule has 0 aliphatic heterocycles. The van der Waals surface area contributed by atoms with Crippen molar-refractivity contribution < 1.29 is 24.2 Å². The number of ether oxygens (including phenoxy) is 2. The second kappa shape index (κ2) is 10.6. The molecule has 1 rings (SSSR count). The van der Waals surface area contributed by atoms with E-state index < -0.39 is 17.1 Å². The van der Waals surface area contributed by atoms with E-state index in [0.717, 1.165) is 0 Å². The van der Waals surface area contributed by atoms with E-state index in [1.54, 1.807) is 11.5 Å². The van der Waals surface area contributed by atoms with Gasteiger partial charge < -0.3 is 24.9 Å². The topological polar surface area (TPSA) is 121 Å². The number of esters is 1. The van der Waals surface area contributed by atoms with Crippen LogP contribution in [0.1, 0.15) is 37.6 Å². The van der Waals surface area contributed by atoms with E-state index >= 15 is 0 Å². The number of ketones is 1. The molecule has 140 valence electrons. The average molecular weight is 354 g/mol. The van der Waals surface area contributed by atoms with Crippen LogP contribution < -0.4 is 11.2 Å². The molecule has 3 N–H and O–H groups in total. The molecule has 1 heterocycles. The summed E-state index contributed by atoms with van der Waals surface area (Å²) in [5.41, 5.74) is 5.55. The normalized spacial score (nSPS) is 10.7. The summed E-state index contributed by atoms with van der Waals surface area (Å²) in [6.07, 6.45) is 0.608. The maximum Gasteiger partial charge on any atom is 0.306 e.